The van der Waals surface area contributed by atoms with Crippen LogP contribution in [0.15, 0.2) is 0 Å². The van der Waals surface area contributed by atoms with Crippen molar-refractivity contribution in [2.24, 2.45) is 11.3 Å². The van der Waals surface area contributed by atoms with Crippen molar-refractivity contribution in [2.45, 2.75) is 44.6 Å². The molecule has 1 aliphatic carbocycles. The zero-order valence-electron chi connectivity index (χ0n) is 14.1. The maximum absolute atomic E-state index is 12.0. The number of hydrogen-bond donors (Lipinski definition) is 1. The molecule has 1 atom stereocenters. The van der Waals surface area contributed by atoms with Crippen LogP contribution < -0.4 is 0 Å². The van der Waals surface area contributed by atoms with Gasteiger partial charge in [0.1, 0.15) is 0 Å². The maximum atomic E-state index is 12.0. The molecule has 0 aromatic heterocycles. The van der Waals surface area contributed by atoms with Crippen LogP contribution in [0, 0.1) is 47.4 Å². The Morgan fingerprint density at radius 2 is 1.75 bits per heavy atom. The van der Waals surface area contributed by atoms with Crippen molar-refractivity contribution in [2.75, 3.05) is 14.2 Å². The Bertz CT molecular complexity index is 598. The van der Waals surface area contributed by atoms with E-state index in [2.05, 4.69) is 39.1 Å². The minimum Gasteiger partial charge on any atom is -0.468 e. The molecule has 0 aromatic carbocycles. The van der Waals surface area contributed by atoms with E-state index in [4.69, 9.17) is 6.42 Å². The largest absolute Gasteiger partial charge is 0.468 e. The molecule has 1 unspecified atom stereocenters. The minimum atomic E-state index is -1.69. The molecule has 0 spiro atoms. The Hall–Kier alpha value is -2.42. The molecule has 0 radical (unpaired) electrons. The van der Waals surface area contributed by atoms with Crippen molar-refractivity contribution >= 4 is 11.9 Å². The normalized spacial score (nSPS) is 15.1. The summed E-state index contributed by atoms with van der Waals surface area (Å²) in [5.74, 6) is 11.8. The molecule has 5 heteroatoms. The number of rotatable bonds is 4. The number of terminal acetylenes is 1. The van der Waals surface area contributed by atoms with E-state index in [1.54, 1.807) is 0 Å². The van der Waals surface area contributed by atoms with Gasteiger partial charge in [0.25, 0.3) is 0 Å². The van der Waals surface area contributed by atoms with Gasteiger partial charge >= 0.3 is 11.9 Å². The van der Waals surface area contributed by atoms with E-state index >= 15 is 0 Å². The lowest BCUT2D eigenvalue weighted by Crippen LogP contribution is -2.40. The first-order chi connectivity index (χ1) is 11.5. The minimum absolute atomic E-state index is 0.203. The van der Waals surface area contributed by atoms with Crippen LogP contribution in [0.2, 0.25) is 0 Å². The summed E-state index contributed by atoms with van der Waals surface area (Å²) in [5.41, 5.74) is -1.69. The smallest absolute Gasteiger partial charge is 0.325 e. The second kappa shape index (κ2) is 9.66. The lowest BCUT2D eigenvalue weighted by atomic mass is 9.81. The topological polar surface area (TPSA) is 72.8 Å². The molecule has 24 heavy (non-hydrogen) atoms. The maximum Gasteiger partial charge on any atom is 0.325 e. The molecular weight excluding hydrogens is 308 g/mol. The Balaban J connectivity index is 2.86. The van der Waals surface area contributed by atoms with E-state index in [1.165, 1.54) is 0 Å². The molecule has 0 bridgehead atoms. The van der Waals surface area contributed by atoms with Crippen LogP contribution in [-0.4, -0.2) is 37.4 Å². The van der Waals surface area contributed by atoms with Gasteiger partial charge in [0.05, 0.1) is 14.2 Å². The van der Waals surface area contributed by atoms with E-state index in [9.17, 15) is 14.7 Å². The summed E-state index contributed by atoms with van der Waals surface area (Å²) in [6.45, 7) is 0. The van der Waals surface area contributed by atoms with Gasteiger partial charge in [-0.15, -0.1) is 12.3 Å². The van der Waals surface area contributed by atoms with Crippen LogP contribution in [0.3, 0.4) is 0 Å². The summed E-state index contributed by atoms with van der Waals surface area (Å²) >= 11 is 0. The van der Waals surface area contributed by atoms with Gasteiger partial charge in [0.15, 0.2) is 11.5 Å². The second-order valence-electron chi connectivity index (χ2n) is 5.62. The Morgan fingerprint density at radius 1 is 1.17 bits per heavy atom. The molecule has 0 amide bonds. The average molecular weight is 330 g/mol. The summed E-state index contributed by atoms with van der Waals surface area (Å²) < 4.78 is 9.34. The number of aliphatic hydroxyl groups excluding tert-OH is 1. The molecular formula is C19H22O5. The Morgan fingerprint density at radius 3 is 2.25 bits per heavy atom. The fourth-order valence-corrected chi connectivity index (χ4v) is 2.60. The van der Waals surface area contributed by atoms with Gasteiger partial charge in [-0.2, -0.15) is 0 Å². The third kappa shape index (κ3) is 5.05. The van der Waals surface area contributed by atoms with Gasteiger partial charge < -0.3 is 14.6 Å². The standard InChI is InChI=1S/C19H22O5/c1-4-13-19(17(21)23-2,18(22)24-3)14-7-10-16(20)12-11-15-8-5-6-9-15/h1,15-16,20H,5-6,8-9,13-14H2,2-3H3. The zero-order chi connectivity index (χ0) is 18.0. The van der Waals surface area contributed by atoms with Crippen molar-refractivity contribution < 1.29 is 24.2 Å². The van der Waals surface area contributed by atoms with Crippen LogP contribution in [0.25, 0.3) is 0 Å². The third-order valence-electron chi connectivity index (χ3n) is 3.96. The van der Waals surface area contributed by atoms with Crippen molar-refractivity contribution in [3.63, 3.8) is 0 Å². The van der Waals surface area contributed by atoms with Gasteiger partial charge in [-0.25, -0.2) is 0 Å². The number of ether oxygens (including phenoxy) is 2. The predicted molar refractivity (Wildman–Crippen MR) is 88.0 cm³/mol. The van der Waals surface area contributed by atoms with Crippen molar-refractivity contribution in [1.82, 2.24) is 0 Å². The third-order valence-corrected chi connectivity index (χ3v) is 3.96. The number of aliphatic hydroxyl groups is 1. The first-order valence-electron chi connectivity index (χ1n) is 7.78. The summed E-state index contributed by atoms with van der Waals surface area (Å²) in [4.78, 5) is 24.0. The monoisotopic (exact) mass is 330 g/mol. The molecule has 128 valence electrons. The molecule has 0 heterocycles. The summed E-state index contributed by atoms with van der Waals surface area (Å²) in [6, 6.07) is 0. The molecule has 1 saturated carbocycles. The van der Waals surface area contributed by atoms with Crippen LogP contribution in [0.1, 0.15) is 38.5 Å². The molecule has 1 rings (SSSR count). The SMILES string of the molecule is C#CCC(CC#CC(O)C#CC1CCCC1)(C(=O)OC)C(=O)OC. The number of carbonyl (C=O) groups is 2. The highest BCUT2D eigenvalue weighted by Crippen LogP contribution is 2.29. The Labute approximate surface area is 143 Å². The van der Waals surface area contributed by atoms with Crippen molar-refractivity contribution in [3.05, 3.63) is 0 Å². The van der Waals surface area contributed by atoms with E-state index < -0.39 is 23.5 Å². The van der Waals surface area contributed by atoms with E-state index in [-0.39, 0.29) is 12.8 Å². The highest BCUT2D eigenvalue weighted by Gasteiger charge is 2.47. The van der Waals surface area contributed by atoms with Crippen LogP contribution >= 0.6 is 0 Å². The molecule has 0 aliphatic heterocycles. The number of methoxy groups -OCH3 is 2. The predicted octanol–water partition coefficient (Wildman–Crippen LogP) is 1.29. The van der Waals surface area contributed by atoms with Gasteiger partial charge in [0, 0.05) is 18.8 Å². The molecule has 1 aliphatic rings. The lowest BCUT2D eigenvalue weighted by molar-refractivity contribution is -0.168. The molecule has 0 aromatic rings. The van der Waals surface area contributed by atoms with E-state index in [0.717, 1.165) is 39.9 Å². The summed E-state index contributed by atoms with van der Waals surface area (Å²) in [5, 5.41) is 9.81. The van der Waals surface area contributed by atoms with Crippen molar-refractivity contribution in [1.29, 1.82) is 0 Å². The molecule has 1 fully saturated rings. The quantitative estimate of drug-likeness (QED) is 0.478. The fourth-order valence-electron chi connectivity index (χ4n) is 2.60. The highest BCUT2D eigenvalue weighted by molar-refractivity contribution is 6.00. The molecule has 1 N–H and O–H groups in total. The van der Waals surface area contributed by atoms with Gasteiger partial charge in [-0.05, 0) is 12.8 Å². The van der Waals surface area contributed by atoms with E-state index in [1.807, 2.05) is 0 Å². The van der Waals surface area contributed by atoms with E-state index in [0.29, 0.717) is 5.92 Å². The number of hydrogen-bond acceptors (Lipinski definition) is 5. The first kappa shape index (κ1) is 19.6. The highest BCUT2D eigenvalue weighted by atomic mass is 16.5. The number of esters is 2. The van der Waals surface area contributed by atoms with Gasteiger partial charge in [-0.3, -0.25) is 9.59 Å². The fraction of sp³-hybridized carbons (Fsp3) is 0.579. The Kier molecular flexibility index (Phi) is 7.90. The summed E-state index contributed by atoms with van der Waals surface area (Å²) in [7, 11) is 2.32. The van der Waals surface area contributed by atoms with Gasteiger partial charge in [-0.1, -0.05) is 36.5 Å². The summed E-state index contributed by atoms with van der Waals surface area (Å²) in [6.07, 6.45) is 8.13. The molecule has 0 saturated heterocycles. The lowest BCUT2D eigenvalue weighted by Gasteiger charge is -2.23. The molecule has 5 nitrogen and oxygen atoms in total. The second-order valence-corrected chi connectivity index (χ2v) is 5.62. The number of carbonyl (C=O) groups excluding carboxylic acids is 2. The van der Waals surface area contributed by atoms with Crippen LogP contribution in [0.5, 0.6) is 0 Å². The first-order valence-corrected chi connectivity index (χ1v) is 7.78. The van der Waals surface area contributed by atoms with Gasteiger partial charge in [0.2, 0.25) is 0 Å². The van der Waals surface area contributed by atoms with Crippen LogP contribution in [0.4, 0.5) is 0 Å². The zero-order valence-corrected chi connectivity index (χ0v) is 14.1. The van der Waals surface area contributed by atoms with Crippen LogP contribution in [-0.2, 0) is 19.1 Å². The average Bonchev–Trinajstić information content (AvgIpc) is 3.11. The van der Waals surface area contributed by atoms with Crippen molar-refractivity contribution in [3.8, 4) is 36.0 Å².